The first kappa shape index (κ1) is 17.8. The average molecular weight is 354 g/mol. The van der Waals surface area contributed by atoms with Crippen molar-refractivity contribution in [2.75, 3.05) is 19.1 Å². The first-order chi connectivity index (χ1) is 12.6. The molecule has 1 unspecified atom stereocenters. The molecule has 0 fully saturated rings. The van der Waals surface area contributed by atoms with E-state index in [4.69, 9.17) is 9.47 Å². The molecule has 2 amide bonds. The Morgan fingerprint density at radius 1 is 1.12 bits per heavy atom. The molecule has 0 aromatic heterocycles. The highest BCUT2D eigenvalue weighted by Crippen LogP contribution is 2.33. The van der Waals surface area contributed by atoms with Crippen molar-refractivity contribution in [2.24, 2.45) is 0 Å². The quantitative estimate of drug-likeness (QED) is 0.895. The summed E-state index contributed by atoms with van der Waals surface area (Å²) in [6.45, 7) is 1.77. The summed E-state index contributed by atoms with van der Waals surface area (Å²) in [5.41, 5.74) is 2.62. The number of para-hydroxylation sites is 2. The summed E-state index contributed by atoms with van der Waals surface area (Å²) in [5, 5.41) is 2.92. The third-order valence-electron chi connectivity index (χ3n) is 4.56. The van der Waals surface area contributed by atoms with Crippen molar-refractivity contribution >= 4 is 17.5 Å². The van der Waals surface area contributed by atoms with Gasteiger partial charge in [0, 0.05) is 31.1 Å². The summed E-state index contributed by atoms with van der Waals surface area (Å²) < 4.78 is 10.7. The van der Waals surface area contributed by atoms with Gasteiger partial charge in [0.25, 0.3) is 0 Å². The SMILES string of the molecule is COc1cccc(CNC(=O)C2Cc3ccccc3N2C(C)=O)c1OC. The molecule has 0 spiro atoms. The zero-order valence-corrected chi connectivity index (χ0v) is 15.1. The van der Waals surface area contributed by atoms with Gasteiger partial charge >= 0.3 is 0 Å². The Balaban J connectivity index is 1.76. The van der Waals surface area contributed by atoms with Crippen molar-refractivity contribution in [1.29, 1.82) is 0 Å². The Morgan fingerprint density at radius 3 is 2.58 bits per heavy atom. The predicted octanol–water partition coefficient (Wildman–Crippen LogP) is 2.30. The van der Waals surface area contributed by atoms with Crippen molar-refractivity contribution < 1.29 is 19.1 Å². The first-order valence-corrected chi connectivity index (χ1v) is 8.42. The maximum Gasteiger partial charge on any atom is 0.243 e. The number of amides is 2. The highest BCUT2D eigenvalue weighted by molar-refractivity contribution is 6.02. The number of carbonyl (C=O) groups excluding carboxylic acids is 2. The molecule has 1 aliphatic rings. The number of fused-ring (bicyclic) bond motifs is 1. The number of ether oxygens (including phenoxy) is 2. The molecule has 1 atom stereocenters. The molecule has 0 bridgehead atoms. The number of hydrogen-bond donors (Lipinski definition) is 1. The van der Waals surface area contributed by atoms with Gasteiger partial charge in [0.2, 0.25) is 11.8 Å². The lowest BCUT2D eigenvalue weighted by Crippen LogP contribution is -2.47. The van der Waals surface area contributed by atoms with Gasteiger partial charge in [-0.05, 0) is 17.7 Å². The van der Waals surface area contributed by atoms with Crippen molar-refractivity contribution in [2.45, 2.75) is 25.9 Å². The molecule has 26 heavy (non-hydrogen) atoms. The Kier molecular flexibility index (Phi) is 5.11. The van der Waals surface area contributed by atoms with Crippen LogP contribution in [-0.4, -0.2) is 32.1 Å². The summed E-state index contributed by atoms with van der Waals surface area (Å²) in [6, 6.07) is 12.6. The van der Waals surface area contributed by atoms with Crippen LogP contribution in [0.4, 0.5) is 5.69 Å². The summed E-state index contributed by atoms with van der Waals surface area (Å²) in [7, 11) is 3.13. The fourth-order valence-electron chi connectivity index (χ4n) is 3.38. The minimum Gasteiger partial charge on any atom is -0.493 e. The van der Waals surface area contributed by atoms with Crippen molar-refractivity contribution in [1.82, 2.24) is 5.32 Å². The molecular weight excluding hydrogens is 332 g/mol. The lowest BCUT2D eigenvalue weighted by Gasteiger charge is -2.23. The number of hydrogen-bond acceptors (Lipinski definition) is 4. The minimum absolute atomic E-state index is 0.144. The van der Waals surface area contributed by atoms with Crippen LogP contribution >= 0.6 is 0 Å². The monoisotopic (exact) mass is 354 g/mol. The van der Waals surface area contributed by atoms with Crippen LogP contribution < -0.4 is 19.7 Å². The summed E-state index contributed by atoms with van der Waals surface area (Å²) in [6.07, 6.45) is 0.511. The van der Waals surface area contributed by atoms with Gasteiger partial charge in [-0.2, -0.15) is 0 Å². The third kappa shape index (κ3) is 3.22. The zero-order valence-electron chi connectivity index (χ0n) is 15.1. The molecule has 1 aliphatic heterocycles. The first-order valence-electron chi connectivity index (χ1n) is 8.42. The zero-order chi connectivity index (χ0) is 18.7. The molecule has 3 rings (SSSR count). The fraction of sp³-hybridized carbons (Fsp3) is 0.300. The van der Waals surface area contributed by atoms with Gasteiger partial charge in [0.15, 0.2) is 11.5 Å². The van der Waals surface area contributed by atoms with Crippen LogP contribution in [0, 0.1) is 0 Å². The second kappa shape index (κ2) is 7.47. The van der Waals surface area contributed by atoms with Crippen LogP contribution in [0.3, 0.4) is 0 Å². The second-order valence-corrected chi connectivity index (χ2v) is 6.11. The smallest absolute Gasteiger partial charge is 0.243 e. The van der Waals surface area contributed by atoms with Gasteiger partial charge in [-0.3, -0.25) is 14.5 Å². The Bertz CT molecular complexity index is 834. The number of nitrogens with one attached hydrogen (secondary N) is 1. The number of methoxy groups -OCH3 is 2. The van der Waals surface area contributed by atoms with Crippen molar-refractivity contribution in [3.8, 4) is 11.5 Å². The molecule has 6 nitrogen and oxygen atoms in total. The van der Waals surface area contributed by atoms with Crippen molar-refractivity contribution in [3.63, 3.8) is 0 Å². The van der Waals surface area contributed by atoms with E-state index >= 15 is 0 Å². The molecule has 0 saturated carbocycles. The number of nitrogens with zero attached hydrogens (tertiary/aromatic N) is 1. The molecule has 0 radical (unpaired) electrons. The standard InChI is InChI=1S/C20H22N2O4/c1-13(23)22-16-9-5-4-7-14(16)11-17(22)20(24)21-12-15-8-6-10-18(25-2)19(15)26-3/h4-10,17H,11-12H2,1-3H3,(H,21,24). The van der Waals surface area contributed by atoms with E-state index in [1.165, 1.54) is 6.92 Å². The van der Waals surface area contributed by atoms with Crippen LogP contribution in [0.2, 0.25) is 0 Å². The van der Waals surface area contributed by atoms with E-state index in [1.807, 2.05) is 36.4 Å². The van der Waals surface area contributed by atoms with Crippen LogP contribution in [0.1, 0.15) is 18.1 Å². The van der Waals surface area contributed by atoms with Gasteiger partial charge in [0.1, 0.15) is 6.04 Å². The number of rotatable bonds is 5. The number of benzene rings is 2. The average Bonchev–Trinajstić information content (AvgIpc) is 3.05. The molecule has 2 aromatic carbocycles. The van der Waals surface area contributed by atoms with Gasteiger partial charge < -0.3 is 14.8 Å². The van der Waals surface area contributed by atoms with E-state index in [2.05, 4.69) is 5.32 Å². The lowest BCUT2D eigenvalue weighted by atomic mass is 10.1. The minimum atomic E-state index is -0.540. The van der Waals surface area contributed by atoms with E-state index in [9.17, 15) is 9.59 Å². The summed E-state index contributed by atoms with van der Waals surface area (Å²) in [5.74, 6) is 0.863. The van der Waals surface area contributed by atoms with E-state index < -0.39 is 6.04 Å². The molecule has 2 aromatic rings. The van der Waals surface area contributed by atoms with Crippen LogP contribution in [0.25, 0.3) is 0 Å². The maximum atomic E-state index is 12.8. The van der Waals surface area contributed by atoms with Crippen LogP contribution in [0.15, 0.2) is 42.5 Å². The molecule has 1 heterocycles. The largest absolute Gasteiger partial charge is 0.493 e. The normalized spacial score (nSPS) is 15.3. The fourth-order valence-corrected chi connectivity index (χ4v) is 3.38. The number of anilines is 1. The van der Waals surface area contributed by atoms with Gasteiger partial charge in [-0.25, -0.2) is 0 Å². The van der Waals surface area contributed by atoms with Gasteiger partial charge in [-0.1, -0.05) is 30.3 Å². The van der Waals surface area contributed by atoms with E-state index in [0.29, 0.717) is 17.9 Å². The van der Waals surface area contributed by atoms with E-state index in [1.54, 1.807) is 25.2 Å². The summed E-state index contributed by atoms with van der Waals surface area (Å²) in [4.78, 5) is 26.4. The summed E-state index contributed by atoms with van der Waals surface area (Å²) >= 11 is 0. The molecule has 6 heteroatoms. The maximum absolute atomic E-state index is 12.8. The highest BCUT2D eigenvalue weighted by atomic mass is 16.5. The van der Waals surface area contributed by atoms with Gasteiger partial charge in [0.05, 0.1) is 14.2 Å². The number of carbonyl (C=O) groups is 2. The predicted molar refractivity (Wildman–Crippen MR) is 98.5 cm³/mol. The topological polar surface area (TPSA) is 67.9 Å². The molecular formula is C20H22N2O4. The van der Waals surface area contributed by atoms with Gasteiger partial charge in [-0.15, -0.1) is 0 Å². The molecule has 136 valence electrons. The van der Waals surface area contributed by atoms with Crippen molar-refractivity contribution in [3.05, 3.63) is 53.6 Å². The highest BCUT2D eigenvalue weighted by Gasteiger charge is 2.36. The van der Waals surface area contributed by atoms with E-state index in [-0.39, 0.29) is 18.4 Å². The third-order valence-corrected chi connectivity index (χ3v) is 4.56. The Hall–Kier alpha value is -3.02. The Morgan fingerprint density at radius 2 is 1.88 bits per heavy atom. The van der Waals surface area contributed by atoms with E-state index in [0.717, 1.165) is 16.8 Å². The van der Waals surface area contributed by atoms with Crippen LogP contribution in [-0.2, 0) is 22.6 Å². The molecule has 0 saturated heterocycles. The molecule has 0 aliphatic carbocycles. The lowest BCUT2D eigenvalue weighted by molar-refractivity contribution is -0.125. The second-order valence-electron chi connectivity index (χ2n) is 6.11. The molecule has 1 N–H and O–H groups in total. The van der Waals surface area contributed by atoms with Crippen LogP contribution in [0.5, 0.6) is 11.5 Å². The Labute approximate surface area is 152 Å².